The molecule has 1 heterocycles. The third-order valence-electron chi connectivity index (χ3n) is 5.73. The van der Waals surface area contributed by atoms with Crippen molar-refractivity contribution in [2.45, 2.75) is 51.6 Å². The average molecular weight is 363 g/mol. The summed E-state index contributed by atoms with van der Waals surface area (Å²) < 4.78 is 34.7. The van der Waals surface area contributed by atoms with Crippen molar-refractivity contribution in [3.8, 4) is 0 Å². The molecule has 0 radical (unpaired) electrons. The van der Waals surface area contributed by atoms with Crippen molar-refractivity contribution < 1.29 is 13.5 Å². The van der Waals surface area contributed by atoms with Crippen LogP contribution in [0.4, 0.5) is 8.78 Å². The normalized spacial score (nSPS) is 25.4. The quantitative estimate of drug-likeness (QED) is 0.797. The summed E-state index contributed by atoms with van der Waals surface area (Å²) in [7, 11) is 3.60. The molecule has 2 aromatic rings. The van der Waals surface area contributed by atoms with Gasteiger partial charge in [0.1, 0.15) is 18.0 Å². The molecule has 26 heavy (non-hydrogen) atoms. The average Bonchev–Trinajstić information content (AvgIpc) is 3.00. The van der Waals surface area contributed by atoms with Gasteiger partial charge in [0.2, 0.25) is 0 Å². The predicted octanol–water partition coefficient (Wildman–Crippen LogP) is 4.26. The zero-order chi connectivity index (χ0) is 18.9. The number of hydrogen-bond acceptors (Lipinski definition) is 3. The maximum absolute atomic E-state index is 14.0. The molecule has 1 fully saturated rings. The third kappa shape index (κ3) is 3.80. The molecule has 0 aliphatic heterocycles. The van der Waals surface area contributed by atoms with Crippen LogP contribution in [0, 0.1) is 23.0 Å². The van der Waals surface area contributed by atoms with Gasteiger partial charge in [0.15, 0.2) is 5.82 Å². The Morgan fingerprint density at radius 3 is 2.69 bits per heavy atom. The molecule has 0 spiro atoms. The first-order chi connectivity index (χ1) is 12.3. The van der Waals surface area contributed by atoms with Gasteiger partial charge in [0, 0.05) is 20.2 Å². The molecule has 1 aromatic heterocycles. The zero-order valence-electron chi connectivity index (χ0n) is 15.9. The van der Waals surface area contributed by atoms with Crippen LogP contribution in [0.25, 0.3) is 0 Å². The van der Waals surface area contributed by atoms with Crippen LogP contribution in [0.1, 0.15) is 50.4 Å². The summed E-state index contributed by atoms with van der Waals surface area (Å²) in [5.74, 6) is 0.127. The predicted molar refractivity (Wildman–Crippen MR) is 95.7 cm³/mol. The fourth-order valence-electron chi connectivity index (χ4n) is 4.32. The molecule has 6 heteroatoms. The largest absolute Gasteiger partial charge is 0.380 e. The summed E-state index contributed by atoms with van der Waals surface area (Å²) in [4.78, 5) is 4.49. The fraction of sp³-hybridized carbons (Fsp3) is 0.600. The summed E-state index contributed by atoms with van der Waals surface area (Å²) >= 11 is 0. The van der Waals surface area contributed by atoms with Crippen LogP contribution >= 0.6 is 0 Å². The Morgan fingerprint density at radius 2 is 2.08 bits per heavy atom. The Hall–Kier alpha value is -1.82. The number of ether oxygens (including phenoxy) is 1. The minimum atomic E-state index is -0.541. The summed E-state index contributed by atoms with van der Waals surface area (Å²) in [5, 5.41) is 4.53. The summed E-state index contributed by atoms with van der Waals surface area (Å²) in [6, 6.07) is 3.81. The van der Waals surface area contributed by atoms with Crippen LogP contribution in [0.3, 0.4) is 0 Å². The summed E-state index contributed by atoms with van der Waals surface area (Å²) in [6.07, 6.45) is 5.12. The van der Waals surface area contributed by atoms with Gasteiger partial charge < -0.3 is 4.74 Å². The van der Waals surface area contributed by atoms with E-state index in [1.54, 1.807) is 24.2 Å². The first-order valence-electron chi connectivity index (χ1n) is 9.14. The lowest BCUT2D eigenvalue weighted by molar-refractivity contribution is -0.0615. The van der Waals surface area contributed by atoms with E-state index in [1.165, 1.54) is 6.07 Å². The Balaban J connectivity index is 1.83. The van der Waals surface area contributed by atoms with Crippen molar-refractivity contribution in [1.29, 1.82) is 0 Å². The highest BCUT2D eigenvalue weighted by atomic mass is 19.1. The van der Waals surface area contributed by atoms with E-state index in [0.717, 1.165) is 31.2 Å². The SMILES string of the molecule is CO[C@@H]1[C@@H](c2ncn(C)n2)[C@@H](CCc2ccc(F)cc2F)CCC1(C)C. The molecule has 1 aliphatic carbocycles. The monoisotopic (exact) mass is 363 g/mol. The first-order valence-corrected chi connectivity index (χ1v) is 9.14. The molecule has 4 nitrogen and oxygen atoms in total. The van der Waals surface area contributed by atoms with E-state index >= 15 is 0 Å². The van der Waals surface area contributed by atoms with Crippen LogP contribution < -0.4 is 0 Å². The van der Waals surface area contributed by atoms with Gasteiger partial charge in [-0.25, -0.2) is 13.8 Å². The molecule has 3 rings (SSSR count). The Bertz CT molecular complexity index is 759. The minimum absolute atomic E-state index is 0.00159. The van der Waals surface area contributed by atoms with Crippen LogP contribution in [0.5, 0.6) is 0 Å². The van der Waals surface area contributed by atoms with E-state index in [4.69, 9.17) is 4.74 Å². The highest BCUT2D eigenvalue weighted by molar-refractivity contribution is 5.19. The van der Waals surface area contributed by atoms with Crippen molar-refractivity contribution in [2.75, 3.05) is 7.11 Å². The molecular weight excluding hydrogens is 336 g/mol. The van der Waals surface area contributed by atoms with Gasteiger partial charge in [-0.3, -0.25) is 4.68 Å². The summed E-state index contributed by atoms with van der Waals surface area (Å²) in [6.45, 7) is 4.43. The molecule has 0 N–H and O–H groups in total. The van der Waals surface area contributed by atoms with Gasteiger partial charge >= 0.3 is 0 Å². The van der Waals surface area contributed by atoms with Gasteiger partial charge in [0.05, 0.1) is 12.0 Å². The minimum Gasteiger partial charge on any atom is -0.380 e. The molecule has 3 atom stereocenters. The van der Waals surface area contributed by atoms with Crippen molar-refractivity contribution in [2.24, 2.45) is 18.4 Å². The van der Waals surface area contributed by atoms with Gasteiger partial charge in [-0.15, -0.1) is 0 Å². The van der Waals surface area contributed by atoms with Gasteiger partial charge in [-0.05, 0) is 48.6 Å². The topological polar surface area (TPSA) is 39.9 Å². The van der Waals surface area contributed by atoms with E-state index < -0.39 is 11.6 Å². The lowest BCUT2D eigenvalue weighted by Crippen LogP contribution is -2.44. The smallest absolute Gasteiger partial charge is 0.156 e. The molecule has 0 unspecified atom stereocenters. The van der Waals surface area contributed by atoms with E-state index in [-0.39, 0.29) is 17.4 Å². The first kappa shape index (κ1) is 19.0. The third-order valence-corrected chi connectivity index (χ3v) is 5.73. The van der Waals surface area contributed by atoms with Crippen LogP contribution in [-0.4, -0.2) is 28.0 Å². The Morgan fingerprint density at radius 1 is 1.31 bits per heavy atom. The van der Waals surface area contributed by atoms with Crippen LogP contribution in [0.15, 0.2) is 24.5 Å². The molecule has 1 aliphatic rings. The number of aromatic nitrogens is 3. The van der Waals surface area contributed by atoms with Crippen molar-refractivity contribution in [3.63, 3.8) is 0 Å². The fourth-order valence-corrected chi connectivity index (χ4v) is 4.32. The lowest BCUT2D eigenvalue weighted by atomic mass is 9.63. The van der Waals surface area contributed by atoms with Crippen LogP contribution in [-0.2, 0) is 18.2 Å². The second kappa shape index (κ2) is 7.43. The van der Waals surface area contributed by atoms with E-state index in [2.05, 4.69) is 23.9 Å². The highest BCUT2D eigenvalue weighted by Gasteiger charge is 2.46. The maximum Gasteiger partial charge on any atom is 0.156 e. The number of methoxy groups -OCH3 is 1. The van der Waals surface area contributed by atoms with E-state index in [1.807, 2.05) is 7.05 Å². The molecule has 0 saturated heterocycles. The molecule has 0 amide bonds. The molecule has 0 bridgehead atoms. The number of benzene rings is 1. The number of rotatable bonds is 5. The molecular formula is C20H27F2N3O. The highest BCUT2D eigenvalue weighted by Crippen LogP contribution is 2.48. The van der Waals surface area contributed by atoms with Gasteiger partial charge in [-0.1, -0.05) is 19.9 Å². The van der Waals surface area contributed by atoms with Crippen molar-refractivity contribution in [1.82, 2.24) is 14.8 Å². The van der Waals surface area contributed by atoms with E-state index in [9.17, 15) is 8.78 Å². The summed E-state index contributed by atoms with van der Waals surface area (Å²) in [5.41, 5.74) is 0.578. The second-order valence-corrected chi connectivity index (χ2v) is 8.02. The van der Waals surface area contributed by atoms with Crippen molar-refractivity contribution in [3.05, 3.63) is 47.5 Å². The zero-order valence-corrected chi connectivity index (χ0v) is 15.9. The lowest BCUT2D eigenvalue weighted by Gasteiger charge is -2.46. The standard InChI is InChI=1S/C20H27F2N3O/c1-20(2)10-9-14(6-5-13-7-8-15(21)11-16(13)22)17(18(20)26-4)19-23-12-25(3)24-19/h7-8,11-12,14,17-18H,5-6,9-10H2,1-4H3/t14-,17-,18+/m0/s1. The Labute approximate surface area is 153 Å². The van der Waals surface area contributed by atoms with E-state index in [0.29, 0.717) is 17.9 Å². The molecule has 142 valence electrons. The molecule has 1 aromatic carbocycles. The number of nitrogens with zero attached hydrogens (tertiary/aromatic N) is 3. The molecule has 1 saturated carbocycles. The van der Waals surface area contributed by atoms with Gasteiger partial charge in [-0.2, -0.15) is 5.10 Å². The van der Waals surface area contributed by atoms with Gasteiger partial charge in [0.25, 0.3) is 0 Å². The number of halogens is 2. The number of aryl methyl sites for hydroxylation is 2. The van der Waals surface area contributed by atoms with Crippen molar-refractivity contribution >= 4 is 0 Å². The van der Waals surface area contributed by atoms with Crippen LogP contribution in [0.2, 0.25) is 0 Å². The second-order valence-electron chi connectivity index (χ2n) is 8.02. The maximum atomic E-state index is 14.0. The Kier molecular flexibility index (Phi) is 5.42. The number of hydrogen-bond donors (Lipinski definition) is 0.